The molecule has 1 heterocycles. The van der Waals surface area contributed by atoms with Crippen LogP contribution in [0.1, 0.15) is 16.7 Å². The molecule has 176 valence electrons. The number of carbonyl (C=O) groups is 2. The molecule has 0 aromatic heterocycles. The molecule has 1 fully saturated rings. The maximum Gasteiger partial charge on any atom is 0.264 e. The van der Waals surface area contributed by atoms with Gasteiger partial charge in [-0.2, -0.15) is 5.26 Å². The zero-order chi connectivity index (χ0) is 24.8. The van der Waals surface area contributed by atoms with E-state index in [0.717, 1.165) is 16.7 Å². The quantitative estimate of drug-likeness (QED) is 0.346. The lowest BCUT2D eigenvalue weighted by molar-refractivity contribution is -0.117. The highest BCUT2D eigenvalue weighted by atomic mass is 35.5. The molecule has 2 amide bonds. The van der Waals surface area contributed by atoms with Crippen LogP contribution in [-0.4, -0.2) is 23.6 Å². The summed E-state index contributed by atoms with van der Waals surface area (Å²) in [5.74, 6) is -0.655. The second-order valence-corrected chi connectivity index (χ2v) is 9.86. The molecule has 0 unspecified atom stereocenters. The van der Waals surface area contributed by atoms with Crippen molar-refractivity contribution in [3.8, 4) is 6.07 Å². The van der Waals surface area contributed by atoms with Crippen molar-refractivity contribution in [1.29, 1.82) is 5.26 Å². The van der Waals surface area contributed by atoms with Crippen LogP contribution in [0.25, 0.3) is 0 Å². The van der Waals surface area contributed by atoms with Crippen LogP contribution in [0.3, 0.4) is 0 Å². The summed E-state index contributed by atoms with van der Waals surface area (Å²) in [6.45, 7) is 2.35. The number of hydrogen-bond acceptors (Lipinski definition) is 4. The molecule has 7 heteroatoms. The third kappa shape index (κ3) is 5.94. The van der Waals surface area contributed by atoms with Crippen LogP contribution in [0.2, 0.25) is 5.02 Å². The largest absolute Gasteiger partial charge is 0.351 e. The van der Waals surface area contributed by atoms with Crippen LogP contribution in [0, 0.1) is 18.3 Å². The summed E-state index contributed by atoms with van der Waals surface area (Å²) in [7, 11) is 0. The Morgan fingerprint density at radius 3 is 2.46 bits per heavy atom. The Balaban J connectivity index is 1.62. The molecule has 35 heavy (non-hydrogen) atoms. The molecular formula is C28H24ClN3O2S. The molecule has 1 atom stereocenters. The third-order valence-corrected chi connectivity index (χ3v) is 7.15. The maximum absolute atomic E-state index is 13.5. The summed E-state index contributed by atoms with van der Waals surface area (Å²) in [4.78, 5) is 28.1. The van der Waals surface area contributed by atoms with Crippen molar-refractivity contribution in [3.63, 3.8) is 0 Å². The number of amides is 2. The number of nitrogens with zero attached hydrogens (tertiary/aromatic N) is 2. The zero-order valence-electron chi connectivity index (χ0n) is 19.2. The van der Waals surface area contributed by atoms with Gasteiger partial charge in [0.1, 0.15) is 16.7 Å². The summed E-state index contributed by atoms with van der Waals surface area (Å²) in [6.07, 6.45) is 1.08. The van der Waals surface area contributed by atoms with E-state index in [2.05, 4.69) is 5.32 Å². The summed E-state index contributed by atoms with van der Waals surface area (Å²) in [5, 5.41) is 13.3. The van der Waals surface area contributed by atoms with E-state index in [-0.39, 0.29) is 11.5 Å². The molecule has 1 saturated heterocycles. The molecule has 0 aliphatic carbocycles. The van der Waals surface area contributed by atoms with E-state index in [4.69, 9.17) is 11.6 Å². The van der Waals surface area contributed by atoms with Gasteiger partial charge in [0.15, 0.2) is 0 Å². The first-order chi connectivity index (χ1) is 17.0. The predicted octanol–water partition coefficient (Wildman–Crippen LogP) is 5.43. The normalized spacial score (nSPS) is 16.7. The molecule has 3 aromatic carbocycles. The van der Waals surface area contributed by atoms with E-state index in [0.29, 0.717) is 35.1 Å². The molecule has 1 aliphatic rings. The molecule has 0 saturated carbocycles. The monoisotopic (exact) mass is 501 g/mol. The Morgan fingerprint density at radius 1 is 1.06 bits per heavy atom. The lowest BCUT2D eigenvalue weighted by Gasteiger charge is -2.19. The average Bonchev–Trinajstić information content (AvgIpc) is 3.16. The number of anilines is 1. The topological polar surface area (TPSA) is 73.2 Å². The molecule has 0 bridgehead atoms. The lowest BCUT2D eigenvalue weighted by Crippen LogP contribution is -2.32. The summed E-state index contributed by atoms with van der Waals surface area (Å²) < 4.78 is 0. The van der Waals surface area contributed by atoms with Crippen LogP contribution in [0.5, 0.6) is 0 Å². The molecule has 1 N–H and O–H groups in total. The van der Waals surface area contributed by atoms with E-state index in [9.17, 15) is 14.9 Å². The molecule has 1 aliphatic heterocycles. The van der Waals surface area contributed by atoms with E-state index >= 15 is 0 Å². The number of aryl methyl sites for hydroxylation is 1. The Hall–Kier alpha value is -3.53. The number of thioether (sulfide) groups is 1. The van der Waals surface area contributed by atoms with Crippen LogP contribution in [0.4, 0.5) is 5.69 Å². The number of halogens is 1. The van der Waals surface area contributed by atoms with Gasteiger partial charge < -0.3 is 5.32 Å². The van der Waals surface area contributed by atoms with Crippen LogP contribution >= 0.6 is 23.4 Å². The van der Waals surface area contributed by atoms with E-state index in [1.807, 2.05) is 85.8 Å². The number of nitrogens with one attached hydrogen (secondary N) is 1. The van der Waals surface area contributed by atoms with Crippen molar-refractivity contribution < 1.29 is 9.59 Å². The number of carbonyl (C=O) groups excluding carboxylic acids is 2. The molecule has 5 nitrogen and oxygen atoms in total. The minimum absolute atomic E-state index is 0.0643. The Kier molecular flexibility index (Phi) is 7.91. The number of hydrogen-bond donors (Lipinski definition) is 1. The van der Waals surface area contributed by atoms with Gasteiger partial charge in [0.2, 0.25) is 5.91 Å². The Morgan fingerprint density at radius 2 is 1.77 bits per heavy atom. The van der Waals surface area contributed by atoms with Crippen LogP contribution in [0.15, 0.2) is 89.5 Å². The van der Waals surface area contributed by atoms with Crippen molar-refractivity contribution in [2.24, 2.45) is 0 Å². The number of rotatable bonds is 7. The Bertz CT molecular complexity index is 1300. The fourth-order valence-corrected chi connectivity index (χ4v) is 5.37. The number of benzene rings is 3. The van der Waals surface area contributed by atoms with Gasteiger partial charge in [-0.3, -0.25) is 14.5 Å². The summed E-state index contributed by atoms with van der Waals surface area (Å²) in [6, 6.07) is 26.7. The lowest BCUT2D eigenvalue weighted by atomic mass is 10.1. The smallest absolute Gasteiger partial charge is 0.264 e. The standard InChI is InChI=1S/C28H24ClN3O2S/c1-19-10-12-23(13-11-19)32-27(34)25(17-21-8-5-9-22(29)16-21)35-28(32)24(18-30)26(33)31-15-14-20-6-3-2-4-7-20/h2-13,16,25H,14-15,17H2,1H3,(H,31,33)/b28-24+/t25-/m1/s1. The SMILES string of the molecule is Cc1ccc(N2C(=O)[C@@H](Cc3cccc(Cl)c3)S/C2=C(\C#N)C(=O)NCCc2ccccc2)cc1. The van der Waals surface area contributed by atoms with Crippen molar-refractivity contribution in [3.05, 3.63) is 111 Å². The molecule has 0 radical (unpaired) electrons. The molecule has 3 aromatic rings. The fraction of sp³-hybridized carbons (Fsp3) is 0.179. The van der Waals surface area contributed by atoms with E-state index in [1.165, 1.54) is 16.7 Å². The van der Waals surface area contributed by atoms with Crippen LogP contribution < -0.4 is 10.2 Å². The first kappa shape index (κ1) is 24.6. The van der Waals surface area contributed by atoms with E-state index < -0.39 is 11.2 Å². The van der Waals surface area contributed by atoms with Crippen molar-refractivity contribution in [2.45, 2.75) is 25.0 Å². The third-order valence-electron chi connectivity index (χ3n) is 5.65. The summed E-state index contributed by atoms with van der Waals surface area (Å²) >= 11 is 7.38. The van der Waals surface area contributed by atoms with E-state index in [1.54, 1.807) is 6.07 Å². The van der Waals surface area contributed by atoms with Gasteiger partial charge in [-0.25, -0.2) is 0 Å². The Labute approximate surface area is 214 Å². The predicted molar refractivity (Wildman–Crippen MR) is 141 cm³/mol. The minimum Gasteiger partial charge on any atom is -0.351 e. The van der Waals surface area contributed by atoms with Crippen molar-refractivity contribution >= 4 is 40.9 Å². The molecule has 0 spiro atoms. The van der Waals surface area contributed by atoms with Gasteiger partial charge in [0, 0.05) is 17.3 Å². The highest BCUT2D eigenvalue weighted by Gasteiger charge is 2.40. The molecule has 4 rings (SSSR count). The highest BCUT2D eigenvalue weighted by molar-refractivity contribution is 8.05. The van der Waals surface area contributed by atoms with Gasteiger partial charge in [0.25, 0.3) is 5.91 Å². The second-order valence-electron chi connectivity index (χ2n) is 8.23. The summed E-state index contributed by atoms with van der Waals surface area (Å²) in [5.41, 5.74) is 3.62. The molecular weight excluding hydrogens is 478 g/mol. The minimum atomic E-state index is -0.487. The second kappa shape index (κ2) is 11.3. The first-order valence-corrected chi connectivity index (χ1v) is 12.5. The van der Waals surface area contributed by atoms with Crippen molar-refractivity contribution in [2.75, 3.05) is 11.4 Å². The highest BCUT2D eigenvalue weighted by Crippen LogP contribution is 2.42. The van der Waals surface area contributed by atoms with Gasteiger partial charge in [-0.15, -0.1) is 0 Å². The number of nitriles is 1. The van der Waals surface area contributed by atoms with Gasteiger partial charge in [-0.1, -0.05) is 83.5 Å². The van der Waals surface area contributed by atoms with Crippen molar-refractivity contribution in [1.82, 2.24) is 5.32 Å². The zero-order valence-corrected chi connectivity index (χ0v) is 20.8. The first-order valence-electron chi connectivity index (χ1n) is 11.2. The van der Waals surface area contributed by atoms with Gasteiger partial charge in [-0.05, 0) is 55.2 Å². The maximum atomic E-state index is 13.5. The fourth-order valence-electron chi connectivity index (χ4n) is 3.85. The average molecular weight is 502 g/mol. The van der Waals surface area contributed by atoms with Crippen LogP contribution in [-0.2, 0) is 22.4 Å². The van der Waals surface area contributed by atoms with Gasteiger partial charge >= 0.3 is 0 Å². The van der Waals surface area contributed by atoms with Gasteiger partial charge in [0.05, 0.1) is 5.25 Å².